The number of thiophene rings is 1. The molecule has 0 bridgehead atoms. The van der Waals surface area contributed by atoms with Crippen LogP contribution in [0.3, 0.4) is 0 Å². The standard InChI is InChI=1S/C19H18N4OS/c1-13-16-17(23-8-10-24-11-9-23)21-15(12-14-6-4-3-5-7-14)22-19(16)25-18(13)20-2/h3-7H,8-12H2,1H3. The van der Waals surface area contributed by atoms with Crippen molar-refractivity contribution < 1.29 is 4.74 Å². The topological polar surface area (TPSA) is 42.6 Å². The Kier molecular flexibility index (Phi) is 4.35. The second-order valence-electron chi connectivity index (χ2n) is 6.05. The maximum Gasteiger partial charge on any atom is 0.246 e. The second kappa shape index (κ2) is 6.79. The van der Waals surface area contributed by atoms with Gasteiger partial charge in [-0.1, -0.05) is 30.3 Å². The highest BCUT2D eigenvalue weighted by Crippen LogP contribution is 2.40. The Morgan fingerprint density at radius 1 is 1.20 bits per heavy atom. The molecule has 6 heteroatoms. The normalized spacial score (nSPS) is 14.6. The van der Waals surface area contributed by atoms with Crippen molar-refractivity contribution in [2.45, 2.75) is 13.3 Å². The lowest BCUT2D eigenvalue weighted by atomic mass is 10.1. The van der Waals surface area contributed by atoms with Crippen molar-refractivity contribution in [3.8, 4) is 0 Å². The van der Waals surface area contributed by atoms with Crippen LogP contribution in [-0.2, 0) is 11.2 Å². The highest BCUT2D eigenvalue weighted by Gasteiger charge is 2.21. The molecule has 126 valence electrons. The molecular weight excluding hydrogens is 332 g/mol. The van der Waals surface area contributed by atoms with Crippen LogP contribution < -0.4 is 4.90 Å². The molecule has 4 rings (SSSR count). The van der Waals surface area contributed by atoms with E-state index in [1.165, 1.54) is 16.9 Å². The quantitative estimate of drug-likeness (QED) is 0.670. The summed E-state index contributed by atoms with van der Waals surface area (Å²) in [7, 11) is 0. The number of hydrogen-bond donors (Lipinski definition) is 0. The lowest BCUT2D eigenvalue weighted by molar-refractivity contribution is 0.122. The summed E-state index contributed by atoms with van der Waals surface area (Å²) in [4.78, 5) is 16.5. The number of morpholine rings is 1. The zero-order valence-electron chi connectivity index (χ0n) is 14.0. The minimum Gasteiger partial charge on any atom is -0.378 e. The van der Waals surface area contributed by atoms with Crippen LogP contribution in [0.25, 0.3) is 15.1 Å². The number of ether oxygens (including phenoxy) is 1. The van der Waals surface area contributed by atoms with E-state index in [0.29, 0.717) is 24.6 Å². The van der Waals surface area contributed by atoms with E-state index < -0.39 is 0 Å². The van der Waals surface area contributed by atoms with Crippen LogP contribution in [-0.4, -0.2) is 36.3 Å². The number of aromatic nitrogens is 2. The van der Waals surface area contributed by atoms with E-state index in [9.17, 15) is 0 Å². The minimum absolute atomic E-state index is 0.693. The Balaban J connectivity index is 1.83. The highest BCUT2D eigenvalue weighted by atomic mass is 32.1. The third kappa shape index (κ3) is 3.09. The van der Waals surface area contributed by atoms with Crippen molar-refractivity contribution in [1.82, 2.24) is 9.97 Å². The summed E-state index contributed by atoms with van der Waals surface area (Å²) in [6.07, 6.45) is 0.693. The van der Waals surface area contributed by atoms with E-state index in [1.807, 2.05) is 25.1 Å². The fourth-order valence-corrected chi connectivity index (χ4v) is 4.10. The summed E-state index contributed by atoms with van der Waals surface area (Å²) in [5, 5.41) is 1.73. The molecule has 1 fully saturated rings. The predicted molar refractivity (Wildman–Crippen MR) is 101 cm³/mol. The summed E-state index contributed by atoms with van der Waals surface area (Å²) in [5.41, 5.74) is 2.18. The number of benzene rings is 1. The second-order valence-corrected chi connectivity index (χ2v) is 7.03. The molecule has 0 aliphatic carbocycles. The van der Waals surface area contributed by atoms with Crippen LogP contribution in [0.1, 0.15) is 17.0 Å². The maximum absolute atomic E-state index is 7.42. The molecule has 1 aromatic carbocycles. The van der Waals surface area contributed by atoms with Gasteiger partial charge in [-0.05, 0) is 18.1 Å². The van der Waals surface area contributed by atoms with Gasteiger partial charge in [0, 0.05) is 24.9 Å². The third-order valence-corrected chi connectivity index (χ3v) is 5.49. The van der Waals surface area contributed by atoms with E-state index in [4.69, 9.17) is 21.3 Å². The largest absolute Gasteiger partial charge is 0.378 e. The van der Waals surface area contributed by atoms with Gasteiger partial charge >= 0.3 is 0 Å². The van der Waals surface area contributed by atoms with Gasteiger partial charge in [-0.25, -0.2) is 14.8 Å². The van der Waals surface area contributed by atoms with E-state index in [2.05, 4.69) is 21.9 Å². The maximum atomic E-state index is 7.42. The first-order chi connectivity index (χ1) is 12.3. The molecular formula is C19H18N4OS. The van der Waals surface area contributed by atoms with Gasteiger partial charge < -0.3 is 9.64 Å². The summed E-state index contributed by atoms with van der Waals surface area (Å²) in [6.45, 7) is 12.5. The number of anilines is 1. The van der Waals surface area contributed by atoms with E-state index in [1.54, 1.807) is 0 Å². The summed E-state index contributed by atoms with van der Waals surface area (Å²) < 4.78 is 5.48. The smallest absolute Gasteiger partial charge is 0.246 e. The van der Waals surface area contributed by atoms with Gasteiger partial charge in [0.1, 0.15) is 16.5 Å². The molecule has 0 saturated carbocycles. The first-order valence-electron chi connectivity index (χ1n) is 8.30. The molecule has 0 radical (unpaired) electrons. The molecule has 1 aliphatic heterocycles. The summed E-state index contributed by atoms with van der Waals surface area (Å²) >= 11 is 1.46. The Bertz CT molecular complexity index is 939. The summed E-state index contributed by atoms with van der Waals surface area (Å²) in [6, 6.07) is 10.3. The number of nitrogens with zero attached hydrogens (tertiary/aromatic N) is 4. The van der Waals surface area contributed by atoms with Crippen molar-refractivity contribution in [1.29, 1.82) is 0 Å². The van der Waals surface area contributed by atoms with Gasteiger partial charge in [0.05, 0.1) is 19.8 Å². The average Bonchev–Trinajstić information content (AvgIpc) is 2.98. The summed E-state index contributed by atoms with van der Waals surface area (Å²) in [5.74, 6) is 1.75. The van der Waals surface area contributed by atoms with Gasteiger partial charge in [-0.2, -0.15) is 0 Å². The first-order valence-corrected chi connectivity index (χ1v) is 9.12. The van der Waals surface area contributed by atoms with Crippen molar-refractivity contribution in [2.24, 2.45) is 0 Å². The van der Waals surface area contributed by atoms with Crippen LogP contribution >= 0.6 is 11.3 Å². The fraction of sp³-hybridized carbons (Fsp3) is 0.316. The van der Waals surface area contributed by atoms with Gasteiger partial charge in [0.25, 0.3) is 0 Å². The number of fused-ring (bicyclic) bond motifs is 1. The molecule has 0 amide bonds. The Morgan fingerprint density at radius 3 is 2.68 bits per heavy atom. The van der Waals surface area contributed by atoms with Gasteiger partial charge in [0.15, 0.2) is 0 Å². The zero-order valence-corrected chi connectivity index (χ0v) is 14.8. The molecule has 5 nitrogen and oxygen atoms in total. The molecule has 3 aromatic rings. The number of rotatable bonds is 3. The van der Waals surface area contributed by atoms with Crippen LogP contribution in [0.5, 0.6) is 0 Å². The zero-order chi connectivity index (χ0) is 17.2. The van der Waals surface area contributed by atoms with Gasteiger partial charge in [0.2, 0.25) is 5.00 Å². The SMILES string of the molecule is [C-]#[N+]c1sc2nc(Cc3ccccc3)nc(N3CCOCC3)c2c1C. The third-order valence-electron chi connectivity index (χ3n) is 4.41. The van der Waals surface area contributed by atoms with E-state index in [0.717, 1.165) is 40.5 Å². The number of hydrogen-bond acceptors (Lipinski definition) is 5. The van der Waals surface area contributed by atoms with Crippen molar-refractivity contribution in [3.63, 3.8) is 0 Å². The van der Waals surface area contributed by atoms with Crippen LogP contribution in [0.15, 0.2) is 30.3 Å². The lowest BCUT2D eigenvalue weighted by Gasteiger charge is -2.28. The molecule has 0 unspecified atom stereocenters. The number of aryl methyl sites for hydroxylation is 1. The molecule has 1 saturated heterocycles. The van der Waals surface area contributed by atoms with Crippen molar-refractivity contribution in [3.05, 3.63) is 58.7 Å². The molecule has 1 aliphatic rings. The average molecular weight is 350 g/mol. The van der Waals surface area contributed by atoms with Gasteiger partial charge in [-0.3, -0.25) is 0 Å². The van der Waals surface area contributed by atoms with Gasteiger partial charge in [-0.15, -0.1) is 11.3 Å². The molecule has 0 atom stereocenters. The van der Waals surface area contributed by atoms with Crippen molar-refractivity contribution in [2.75, 3.05) is 31.2 Å². The Morgan fingerprint density at radius 2 is 1.96 bits per heavy atom. The Hall–Kier alpha value is -2.49. The van der Waals surface area contributed by atoms with E-state index in [-0.39, 0.29) is 0 Å². The highest BCUT2D eigenvalue weighted by molar-refractivity contribution is 7.22. The molecule has 25 heavy (non-hydrogen) atoms. The molecule has 3 heterocycles. The van der Waals surface area contributed by atoms with Crippen LogP contribution in [0, 0.1) is 13.5 Å². The monoisotopic (exact) mass is 350 g/mol. The molecule has 0 N–H and O–H groups in total. The molecule has 0 spiro atoms. The van der Waals surface area contributed by atoms with Crippen LogP contribution in [0.2, 0.25) is 0 Å². The first kappa shape index (κ1) is 16.0. The lowest BCUT2D eigenvalue weighted by Crippen LogP contribution is -2.37. The minimum atomic E-state index is 0.693. The predicted octanol–water partition coefficient (Wildman–Crippen LogP) is 3.98. The van der Waals surface area contributed by atoms with Crippen LogP contribution in [0.4, 0.5) is 10.8 Å². The fourth-order valence-electron chi connectivity index (χ4n) is 3.12. The van der Waals surface area contributed by atoms with E-state index >= 15 is 0 Å². The molecule has 2 aromatic heterocycles. The Labute approximate surface area is 150 Å². The van der Waals surface area contributed by atoms with Crippen molar-refractivity contribution >= 4 is 32.4 Å².